The molecule has 3 aromatic rings. The molecule has 3 N–H and O–H groups in total. The Morgan fingerprint density at radius 1 is 0.867 bits per heavy atom. The molecule has 0 radical (unpaired) electrons. The molecule has 1 heterocycles. The van der Waals surface area contributed by atoms with Crippen molar-refractivity contribution in [3.8, 4) is 0 Å². The first-order valence-corrected chi connectivity index (χ1v) is 16.0. The van der Waals surface area contributed by atoms with Crippen molar-refractivity contribution in [2.75, 3.05) is 38.0 Å². The summed E-state index contributed by atoms with van der Waals surface area (Å²) in [6.45, 7) is 3.82. The molecule has 0 aromatic heterocycles. The van der Waals surface area contributed by atoms with Crippen LogP contribution in [0.1, 0.15) is 50.6 Å². The standard InChI is InChI=1S/C36H43N5O4/c1-26(31-17-8-11-27-10-5-6-16-32(27)31)40-22-19-30(20-23-40)41(36(45)28-12-7-13-28)25-35(44)38-24-34(43)37-21-9-18-33(42)39-29-14-3-2-4-15-29/h2-6,8-11,14-18,26,28,30H,7,12-13,19-25H2,1H3,(H,37,43)(H,38,44)(H,39,42)/b18-9+. The van der Waals surface area contributed by atoms with E-state index in [1.807, 2.05) is 18.2 Å². The minimum absolute atomic E-state index is 0.0131. The molecule has 1 unspecified atom stereocenters. The maximum atomic E-state index is 13.4. The number of piperidine rings is 1. The highest BCUT2D eigenvalue weighted by atomic mass is 16.2. The number of hydrogen-bond donors (Lipinski definition) is 3. The summed E-state index contributed by atoms with van der Waals surface area (Å²) in [5.74, 6) is -0.972. The molecule has 2 aliphatic rings. The molecule has 236 valence electrons. The number of likely N-dealkylation sites (tertiary alicyclic amines) is 1. The van der Waals surface area contributed by atoms with Gasteiger partial charge in [0.05, 0.1) is 13.1 Å². The molecule has 1 aliphatic heterocycles. The Bertz CT molecular complexity index is 1510. The highest BCUT2D eigenvalue weighted by Gasteiger charge is 2.36. The third-order valence-corrected chi connectivity index (χ3v) is 8.99. The van der Waals surface area contributed by atoms with E-state index in [1.54, 1.807) is 23.1 Å². The highest BCUT2D eigenvalue weighted by molar-refractivity contribution is 5.99. The number of rotatable bonds is 12. The average Bonchev–Trinajstić information content (AvgIpc) is 3.04. The number of nitrogens with one attached hydrogen (secondary N) is 3. The number of nitrogens with zero attached hydrogens (tertiary/aromatic N) is 2. The third kappa shape index (κ3) is 8.57. The predicted octanol–water partition coefficient (Wildman–Crippen LogP) is 4.42. The van der Waals surface area contributed by atoms with Gasteiger partial charge < -0.3 is 20.9 Å². The van der Waals surface area contributed by atoms with Gasteiger partial charge in [0.1, 0.15) is 0 Å². The molecule has 4 amide bonds. The van der Waals surface area contributed by atoms with E-state index in [0.717, 1.165) is 45.2 Å². The monoisotopic (exact) mass is 609 g/mol. The summed E-state index contributed by atoms with van der Waals surface area (Å²) in [6, 6.07) is 24.2. The van der Waals surface area contributed by atoms with Gasteiger partial charge in [0.25, 0.3) is 0 Å². The van der Waals surface area contributed by atoms with Gasteiger partial charge in [-0.05, 0) is 61.1 Å². The minimum atomic E-state index is -0.371. The van der Waals surface area contributed by atoms with Crippen molar-refractivity contribution in [1.82, 2.24) is 20.4 Å². The molecule has 1 atom stereocenters. The van der Waals surface area contributed by atoms with Crippen LogP contribution in [0.4, 0.5) is 5.69 Å². The Morgan fingerprint density at radius 3 is 2.31 bits per heavy atom. The highest BCUT2D eigenvalue weighted by Crippen LogP contribution is 2.33. The first-order valence-electron chi connectivity index (χ1n) is 16.0. The lowest BCUT2D eigenvalue weighted by Crippen LogP contribution is -2.53. The molecular weight excluding hydrogens is 566 g/mol. The molecule has 0 spiro atoms. The van der Waals surface area contributed by atoms with Crippen LogP contribution in [0, 0.1) is 5.92 Å². The SMILES string of the molecule is CC(c1cccc2ccccc12)N1CCC(N(CC(=O)NCC(=O)NC/C=C/C(=O)Nc2ccccc2)C(=O)C2CCC2)CC1. The summed E-state index contributed by atoms with van der Waals surface area (Å²) in [7, 11) is 0. The Labute approximate surface area is 265 Å². The second kappa shape index (κ2) is 15.5. The van der Waals surface area contributed by atoms with Crippen LogP contribution in [-0.2, 0) is 19.2 Å². The number of carbonyl (C=O) groups is 4. The van der Waals surface area contributed by atoms with Crippen molar-refractivity contribution in [2.45, 2.75) is 51.1 Å². The third-order valence-electron chi connectivity index (χ3n) is 8.99. The van der Waals surface area contributed by atoms with Gasteiger partial charge >= 0.3 is 0 Å². The molecule has 45 heavy (non-hydrogen) atoms. The van der Waals surface area contributed by atoms with Crippen molar-refractivity contribution in [3.05, 3.63) is 90.5 Å². The van der Waals surface area contributed by atoms with Crippen LogP contribution in [0.2, 0.25) is 0 Å². The molecule has 9 heteroatoms. The summed E-state index contributed by atoms with van der Waals surface area (Å²) in [4.78, 5) is 54.9. The van der Waals surface area contributed by atoms with E-state index in [9.17, 15) is 19.2 Å². The predicted molar refractivity (Wildman–Crippen MR) is 176 cm³/mol. The number of para-hydroxylation sites is 1. The first-order chi connectivity index (χ1) is 21.9. The van der Waals surface area contributed by atoms with Gasteiger partial charge in [-0.3, -0.25) is 24.1 Å². The number of amides is 4. The summed E-state index contributed by atoms with van der Waals surface area (Å²) in [5.41, 5.74) is 1.99. The van der Waals surface area contributed by atoms with Crippen LogP contribution >= 0.6 is 0 Å². The fraction of sp³-hybridized carbons (Fsp3) is 0.389. The van der Waals surface area contributed by atoms with Gasteiger partial charge in [-0.1, -0.05) is 73.2 Å². The molecule has 1 saturated heterocycles. The summed E-state index contributed by atoms with van der Waals surface area (Å²) in [5, 5.41) is 10.6. The van der Waals surface area contributed by atoms with Gasteiger partial charge in [-0.2, -0.15) is 0 Å². The van der Waals surface area contributed by atoms with Crippen LogP contribution in [0.15, 0.2) is 84.9 Å². The maximum absolute atomic E-state index is 13.4. The molecule has 1 saturated carbocycles. The van der Waals surface area contributed by atoms with E-state index >= 15 is 0 Å². The van der Waals surface area contributed by atoms with E-state index < -0.39 is 0 Å². The summed E-state index contributed by atoms with van der Waals surface area (Å²) in [6.07, 6.45) is 7.27. The molecule has 5 rings (SSSR count). The van der Waals surface area contributed by atoms with E-state index in [-0.39, 0.29) is 61.3 Å². The van der Waals surface area contributed by atoms with Gasteiger partial charge in [-0.25, -0.2) is 0 Å². The Balaban J connectivity index is 1.09. The largest absolute Gasteiger partial charge is 0.351 e. The summed E-state index contributed by atoms with van der Waals surface area (Å²) >= 11 is 0. The minimum Gasteiger partial charge on any atom is -0.351 e. The van der Waals surface area contributed by atoms with Crippen molar-refractivity contribution >= 4 is 40.1 Å². The van der Waals surface area contributed by atoms with Crippen LogP contribution in [0.25, 0.3) is 10.8 Å². The van der Waals surface area contributed by atoms with E-state index in [0.29, 0.717) is 5.69 Å². The zero-order valence-electron chi connectivity index (χ0n) is 25.9. The molecule has 3 aromatic carbocycles. The fourth-order valence-corrected chi connectivity index (χ4v) is 6.17. The Morgan fingerprint density at radius 2 is 1.58 bits per heavy atom. The molecule has 0 bridgehead atoms. The normalized spacial score (nSPS) is 16.6. The smallest absolute Gasteiger partial charge is 0.248 e. The molecule has 1 aliphatic carbocycles. The van der Waals surface area contributed by atoms with Crippen molar-refractivity contribution in [3.63, 3.8) is 0 Å². The topological polar surface area (TPSA) is 111 Å². The lowest BCUT2D eigenvalue weighted by atomic mass is 9.83. The maximum Gasteiger partial charge on any atom is 0.248 e. The zero-order chi connectivity index (χ0) is 31.6. The van der Waals surface area contributed by atoms with Crippen LogP contribution in [0.5, 0.6) is 0 Å². The van der Waals surface area contributed by atoms with Crippen molar-refractivity contribution in [1.29, 1.82) is 0 Å². The lowest BCUT2D eigenvalue weighted by molar-refractivity contribution is -0.145. The van der Waals surface area contributed by atoms with E-state index in [1.165, 1.54) is 22.4 Å². The Kier molecular flexibility index (Phi) is 11.0. The van der Waals surface area contributed by atoms with Gasteiger partial charge in [0, 0.05) is 49.4 Å². The fourth-order valence-electron chi connectivity index (χ4n) is 6.17. The number of hydrogen-bond acceptors (Lipinski definition) is 5. The second-order valence-electron chi connectivity index (χ2n) is 11.9. The second-order valence-corrected chi connectivity index (χ2v) is 11.9. The van der Waals surface area contributed by atoms with E-state index in [2.05, 4.69) is 70.2 Å². The van der Waals surface area contributed by atoms with Crippen LogP contribution < -0.4 is 16.0 Å². The Hall–Kier alpha value is -4.50. The van der Waals surface area contributed by atoms with Gasteiger partial charge in [-0.15, -0.1) is 0 Å². The van der Waals surface area contributed by atoms with Crippen molar-refractivity contribution < 1.29 is 19.2 Å². The zero-order valence-corrected chi connectivity index (χ0v) is 25.9. The number of benzene rings is 3. The molecular formula is C36H43N5O4. The number of fused-ring (bicyclic) bond motifs is 1. The van der Waals surface area contributed by atoms with Crippen LogP contribution in [0.3, 0.4) is 0 Å². The van der Waals surface area contributed by atoms with Gasteiger partial charge in [0.2, 0.25) is 23.6 Å². The number of carbonyl (C=O) groups excluding carboxylic acids is 4. The number of anilines is 1. The van der Waals surface area contributed by atoms with E-state index in [4.69, 9.17) is 0 Å². The quantitative estimate of drug-likeness (QED) is 0.264. The van der Waals surface area contributed by atoms with Crippen LogP contribution in [-0.4, -0.2) is 72.2 Å². The molecule has 2 fully saturated rings. The molecule has 9 nitrogen and oxygen atoms in total. The van der Waals surface area contributed by atoms with Gasteiger partial charge in [0.15, 0.2) is 0 Å². The average molecular weight is 610 g/mol. The first kappa shape index (κ1) is 31.9. The van der Waals surface area contributed by atoms with Crippen molar-refractivity contribution in [2.24, 2.45) is 5.92 Å². The summed E-state index contributed by atoms with van der Waals surface area (Å²) < 4.78 is 0. The lowest BCUT2D eigenvalue weighted by Gasteiger charge is -2.42.